The van der Waals surface area contributed by atoms with E-state index in [9.17, 15) is 0 Å². The largest absolute Gasteiger partial charge is 0.396 e. The Morgan fingerprint density at radius 3 is 2.77 bits per heavy atom. The van der Waals surface area contributed by atoms with Gasteiger partial charge in [-0.15, -0.1) is 35.5 Å². The predicted octanol–water partition coefficient (Wildman–Crippen LogP) is 4.03. The van der Waals surface area contributed by atoms with Crippen LogP contribution in [-0.4, -0.2) is 30.6 Å². The standard InChI is InChI=1S/C15H22ClNO2S2.ClH/c1-3-19-8-12-10-5-4-9(11(17)6-7-18)14(16)13(10)15(20-2)21-12;/h11,18H,3-8,17H2,1-2H3;1H. The zero-order valence-electron chi connectivity index (χ0n) is 12.9. The van der Waals surface area contributed by atoms with Gasteiger partial charge in [-0.3, -0.25) is 0 Å². The summed E-state index contributed by atoms with van der Waals surface area (Å²) in [7, 11) is 0. The Morgan fingerprint density at radius 2 is 2.18 bits per heavy atom. The minimum Gasteiger partial charge on any atom is -0.396 e. The molecule has 3 nitrogen and oxygen atoms in total. The number of fused-ring (bicyclic) bond motifs is 1. The summed E-state index contributed by atoms with van der Waals surface area (Å²) in [6.45, 7) is 3.48. The number of ether oxygens (including phenoxy) is 1. The molecular formula is C15H23Cl2NO2S2. The van der Waals surface area contributed by atoms with Gasteiger partial charge >= 0.3 is 0 Å². The quantitative estimate of drug-likeness (QED) is 0.697. The van der Waals surface area contributed by atoms with Crippen molar-refractivity contribution in [3.05, 3.63) is 21.6 Å². The molecule has 0 amide bonds. The van der Waals surface area contributed by atoms with Gasteiger partial charge < -0.3 is 15.6 Å². The molecule has 1 atom stereocenters. The highest BCUT2D eigenvalue weighted by Crippen LogP contribution is 2.46. The molecule has 0 aromatic carbocycles. The van der Waals surface area contributed by atoms with Crippen molar-refractivity contribution in [2.45, 2.75) is 43.0 Å². The van der Waals surface area contributed by atoms with Crippen LogP contribution in [0.25, 0.3) is 5.03 Å². The highest BCUT2D eigenvalue weighted by atomic mass is 35.5. The van der Waals surface area contributed by atoms with Crippen molar-refractivity contribution in [3.8, 4) is 0 Å². The van der Waals surface area contributed by atoms with Gasteiger partial charge in [0.1, 0.15) is 0 Å². The van der Waals surface area contributed by atoms with E-state index in [0.29, 0.717) is 13.0 Å². The Labute approximate surface area is 151 Å². The van der Waals surface area contributed by atoms with Gasteiger partial charge in [-0.2, -0.15) is 0 Å². The second-order valence-corrected chi connectivity index (χ2v) is 7.52. The van der Waals surface area contributed by atoms with Gasteiger partial charge in [0.15, 0.2) is 0 Å². The average Bonchev–Trinajstić information content (AvgIpc) is 2.84. The summed E-state index contributed by atoms with van der Waals surface area (Å²) in [5.41, 5.74) is 9.71. The summed E-state index contributed by atoms with van der Waals surface area (Å²) in [6, 6.07) is -0.152. The predicted molar refractivity (Wildman–Crippen MR) is 99.5 cm³/mol. The van der Waals surface area contributed by atoms with Gasteiger partial charge in [-0.25, -0.2) is 0 Å². The second kappa shape index (κ2) is 9.52. The number of nitrogens with two attached hydrogens (primary N) is 1. The first-order valence-electron chi connectivity index (χ1n) is 7.15. The molecule has 1 aromatic heterocycles. The molecule has 1 aliphatic carbocycles. The first kappa shape index (κ1) is 20.3. The maximum absolute atomic E-state index is 9.09. The molecule has 0 bridgehead atoms. The molecule has 1 aromatic rings. The third-order valence-corrected chi connectivity index (χ3v) is 6.47. The molecule has 126 valence electrons. The Morgan fingerprint density at radius 1 is 1.45 bits per heavy atom. The van der Waals surface area contributed by atoms with E-state index < -0.39 is 0 Å². The third kappa shape index (κ3) is 4.20. The number of rotatable bonds is 7. The van der Waals surface area contributed by atoms with Gasteiger partial charge in [0.05, 0.1) is 15.8 Å². The zero-order valence-corrected chi connectivity index (χ0v) is 16.1. The van der Waals surface area contributed by atoms with Crippen LogP contribution < -0.4 is 5.73 Å². The molecule has 0 saturated heterocycles. The van der Waals surface area contributed by atoms with E-state index >= 15 is 0 Å². The third-order valence-electron chi connectivity index (χ3n) is 3.71. The smallest absolute Gasteiger partial charge is 0.0812 e. The molecule has 1 aliphatic rings. The molecule has 1 heterocycles. The fraction of sp³-hybridized carbons (Fsp3) is 0.600. The van der Waals surface area contributed by atoms with E-state index in [1.165, 1.54) is 14.6 Å². The van der Waals surface area contributed by atoms with Crippen LogP contribution in [0.15, 0.2) is 9.78 Å². The van der Waals surface area contributed by atoms with Gasteiger partial charge in [0.25, 0.3) is 0 Å². The monoisotopic (exact) mass is 383 g/mol. The van der Waals surface area contributed by atoms with Crippen molar-refractivity contribution in [2.75, 3.05) is 19.5 Å². The highest BCUT2D eigenvalue weighted by molar-refractivity contribution is 8.00. The zero-order chi connectivity index (χ0) is 15.4. The minimum absolute atomic E-state index is 0. The normalized spacial score (nSPS) is 15.5. The van der Waals surface area contributed by atoms with Crippen molar-refractivity contribution < 1.29 is 9.84 Å². The lowest BCUT2D eigenvalue weighted by Crippen LogP contribution is -2.26. The molecular weight excluding hydrogens is 361 g/mol. The van der Waals surface area contributed by atoms with Crippen LogP contribution in [0.2, 0.25) is 0 Å². The lowest BCUT2D eigenvalue weighted by atomic mass is 9.89. The molecule has 2 rings (SSSR count). The van der Waals surface area contributed by atoms with Crippen LogP contribution in [-0.2, 0) is 17.8 Å². The number of thiophene rings is 1. The molecule has 0 fully saturated rings. The van der Waals surface area contributed by atoms with Crippen LogP contribution in [0.4, 0.5) is 0 Å². The van der Waals surface area contributed by atoms with E-state index in [4.69, 9.17) is 27.2 Å². The maximum Gasteiger partial charge on any atom is 0.0812 e. The van der Waals surface area contributed by atoms with E-state index in [2.05, 4.69) is 6.26 Å². The van der Waals surface area contributed by atoms with Crippen molar-refractivity contribution in [1.29, 1.82) is 0 Å². The molecule has 0 saturated carbocycles. The number of hydrogen-bond acceptors (Lipinski definition) is 5. The summed E-state index contributed by atoms with van der Waals surface area (Å²) in [5, 5.41) is 9.88. The SMILES string of the molecule is CCOCc1sc(SC)c2c1CCC(C(N)CCO)=C2Cl.Cl. The lowest BCUT2D eigenvalue weighted by molar-refractivity contribution is 0.135. The number of thioether (sulfide) groups is 1. The average molecular weight is 384 g/mol. The van der Waals surface area contributed by atoms with Gasteiger partial charge in [0.2, 0.25) is 0 Å². The van der Waals surface area contributed by atoms with Crippen LogP contribution in [0.3, 0.4) is 0 Å². The molecule has 0 radical (unpaired) electrons. The summed E-state index contributed by atoms with van der Waals surface area (Å²) in [4.78, 5) is 1.28. The first-order valence-corrected chi connectivity index (χ1v) is 9.57. The second-order valence-electron chi connectivity index (χ2n) is 4.97. The summed E-state index contributed by atoms with van der Waals surface area (Å²) in [5.74, 6) is 0. The van der Waals surface area contributed by atoms with Crippen LogP contribution in [0.5, 0.6) is 0 Å². The molecule has 3 N–H and O–H groups in total. The minimum atomic E-state index is -0.152. The first-order chi connectivity index (χ1) is 10.1. The van der Waals surface area contributed by atoms with Crippen molar-refractivity contribution in [2.24, 2.45) is 5.73 Å². The number of aliphatic hydroxyl groups excluding tert-OH is 1. The molecule has 22 heavy (non-hydrogen) atoms. The Balaban J connectivity index is 0.00000242. The van der Waals surface area contributed by atoms with Crippen molar-refractivity contribution >= 4 is 52.1 Å². The number of hydrogen-bond donors (Lipinski definition) is 2. The molecule has 0 spiro atoms. The van der Waals surface area contributed by atoms with E-state index in [-0.39, 0.29) is 25.1 Å². The Bertz CT molecular complexity index is 532. The summed E-state index contributed by atoms with van der Waals surface area (Å²) >= 11 is 10.1. The molecule has 7 heteroatoms. The van der Waals surface area contributed by atoms with E-state index in [1.54, 1.807) is 23.1 Å². The fourth-order valence-electron chi connectivity index (χ4n) is 2.62. The lowest BCUT2D eigenvalue weighted by Gasteiger charge is -2.23. The molecule has 0 aliphatic heterocycles. The Hall–Kier alpha value is 0.250. The number of halogens is 2. The number of aliphatic hydroxyl groups is 1. The van der Waals surface area contributed by atoms with Crippen LogP contribution in [0.1, 0.15) is 35.8 Å². The molecule has 1 unspecified atom stereocenters. The van der Waals surface area contributed by atoms with Gasteiger partial charge in [-0.05, 0) is 43.6 Å². The van der Waals surface area contributed by atoms with Gasteiger partial charge in [-0.1, -0.05) is 11.6 Å². The van der Waals surface area contributed by atoms with E-state index in [1.807, 2.05) is 6.92 Å². The topological polar surface area (TPSA) is 55.5 Å². The maximum atomic E-state index is 9.09. The van der Waals surface area contributed by atoms with Crippen molar-refractivity contribution in [3.63, 3.8) is 0 Å². The van der Waals surface area contributed by atoms with E-state index in [0.717, 1.165) is 35.6 Å². The van der Waals surface area contributed by atoms with Gasteiger partial charge in [0, 0.05) is 29.7 Å². The summed E-state index contributed by atoms with van der Waals surface area (Å²) < 4.78 is 6.81. The Kier molecular flexibility index (Phi) is 8.78. The fourth-order valence-corrected chi connectivity index (χ4v) is 5.26. The highest BCUT2D eigenvalue weighted by Gasteiger charge is 2.28. The van der Waals surface area contributed by atoms with Crippen LogP contribution >= 0.6 is 47.1 Å². The summed E-state index contributed by atoms with van der Waals surface area (Å²) in [6.07, 6.45) is 4.46. The van der Waals surface area contributed by atoms with Crippen molar-refractivity contribution in [1.82, 2.24) is 0 Å². The van der Waals surface area contributed by atoms with Crippen LogP contribution in [0, 0.1) is 0 Å².